The highest BCUT2D eigenvalue weighted by atomic mass is 32.1. The molecule has 1 unspecified atom stereocenters. The summed E-state index contributed by atoms with van der Waals surface area (Å²) in [5, 5.41) is 18.1. The minimum atomic E-state index is -0.404. The molecule has 0 bridgehead atoms. The van der Waals surface area contributed by atoms with E-state index in [0.717, 1.165) is 18.4 Å². The molecule has 0 aromatic carbocycles. The summed E-state index contributed by atoms with van der Waals surface area (Å²) in [7, 11) is 1.86. The van der Waals surface area contributed by atoms with Gasteiger partial charge in [-0.05, 0) is 35.2 Å². The van der Waals surface area contributed by atoms with Gasteiger partial charge >= 0.3 is 0 Å². The number of hydrogen-bond donors (Lipinski definition) is 1. The van der Waals surface area contributed by atoms with Gasteiger partial charge in [0.15, 0.2) is 0 Å². The number of nitrogens with zero attached hydrogens (tertiary/aromatic N) is 2. The molecule has 4 heteroatoms. The number of aromatic nitrogens is 2. The van der Waals surface area contributed by atoms with Crippen LogP contribution in [0.3, 0.4) is 0 Å². The molecule has 2 heterocycles. The molecule has 15 heavy (non-hydrogen) atoms. The van der Waals surface area contributed by atoms with E-state index in [-0.39, 0.29) is 0 Å². The van der Waals surface area contributed by atoms with Gasteiger partial charge in [0.05, 0.1) is 12.3 Å². The van der Waals surface area contributed by atoms with E-state index < -0.39 is 6.10 Å². The molecule has 2 aromatic rings. The van der Waals surface area contributed by atoms with Crippen LogP contribution in [0.4, 0.5) is 0 Å². The number of thiophene rings is 1. The second-order valence-electron chi connectivity index (χ2n) is 3.63. The van der Waals surface area contributed by atoms with Gasteiger partial charge in [-0.1, -0.05) is 0 Å². The van der Waals surface area contributed by atoms with Crippen molar-refractivity contribution in [1.82, 2.24) is 9.78 Å². The molecule has 3 nitrogen and oxygen atoms in total. The van der Waals surface area contributed by atoms with Crippen molar-refractivity contribution in [2.75, 3.05) is 0 Å². The summed E-state index contributed by atoms with van der Waals surface area (Å²) in [6.45, 7) is 0. The van der Waals surface area contributed by atoms with Crippen LogP contribution in [0.25, 0.3) is 0 Å². The molecule has 0 aliphatic carbocycles. The van der Waals surface area contributed by atoms with Crippen LogP contribution in [0.1, 0.15) is 23.7 Å². The topological polar surface area (TPSA) is 38.0 Å². The Labute approximate surface area is 93.0 Å². The fourth-order valence-corrected chi connectivity index (χ4v) is 2.22. The average molecular weight is 222 g/mol. The molecule has 1 N–H and O–H groups in total. The van der Waals surface area contributed by atoms with Gasteiger partial charge in [0.1, 0.15) is 0 Å². The fourth-order valence-electron chi connectivity index (χ4n) is 1.52. The molecule has 0 fully saturated rings. The van der Waals surface area contributed by atoms with Crippen molar-refractivity contribution in [2.45, 2.75) is 18.9 Å². The first-order valence-corrected chi connectivity index (χ1v) is 5.87. The third-order valence-corrected chi connectivity index (χ3v) is 3.13. The molecule has 2 rings (SSSR count). The summed E-state index contributed by atoms with van der Waals surface area (Å²) in [6, 6.07) is 2.10. The third-order valence-electron chi connectivity index (χ3n) is 2.40. The number of aliphatic hydroxyl groups excluding tert-OH is 1. The molecule has 80 valence electrons. The fraction of sp³-hybridized carbons (Fsp3) is 0.364. The Hall–Kier alpha value is -1.13. The molecule has 0 aliphatic heterocycles. The molecule has 0 radical (unpaired) electrons. The van der Waals surface area contributed by atoms with E-state index in [9.17, 15) is 5.11 Å². The van der Waals surface area contributed by atoms with Crippen molar-refractivity contribution in [3.63, 3.8) is 0 Å². The van der Waals surface area contributed by atoms with Crippen LogP contribution in [0.5, 0.6) is 0 Å². The predicted molar refractivity (Wildman–Crippen MR) is 60.8 cm³/mol. The summed E-state index contributed by atoms with van der Waals surface area (Å²) in [5.41, 5.74) is 2.19. The summed E-state index contributed by atoms with van der Waals surface area (Å²) in [4.78, 5) is 0. The molecule has 0 spiro atoms. The van der Waals surface area contributed by atoms with Crippen molar-refractivity contribution >= 4 is 11.3 Å². The van der Waals surface area contributed by atoms with E-state index in [1.807, 2.05) is 13.2 Å². The number of rotatable bonds is 4. The zero-order chi connectivity index (χ0) is 10.7. The van der Waals surface area contributed by atoms with Gasteiger partial charge in [0, 0.05) is 18.8 Å². The van der Waals surface area contributed by atoms with Crippen LogP contribution in [-0.4, -0.2) is 14.9 Å². The normalized spacial score (nSPS) is 12.9. The average Bonchev–Trinajstić information content (AvgIpc) is 2.84. The maximum atomic E-state index is 9.88. The highest BCUT2D eigenvalue weighted by Gasteiger charge is 2.09. The molecule has 1 atom stereocenters. The Balaban J connectivity index is 1.90. The first kappa shape index (κ1) is 10.4. The standard InChI is InChI=1S/C11H14N2OS/c1-13-7-10(6-12-13)11(14)3-2-9-4-5-15-8-9/h4-8,11,14H,2-3H2,1H3. The Morgan fingerprint density at radius 3 is 3.07 bits per heavy atom. The van der Waals surface area contributed by atoms with Crippen LogP contribution in [-0.2, 0) is 13.5 Å². The maximum absolute atomic E-state index is 9.88. The predicted octanol–water partition coefficient (Wildman–Crippen LogP) is 2.15. The Morgan fingerprint density at radius 1 is 1.60 bits per heavy atom. The monoisotopic (exact) mass is 222 g/mol. The molecule has 0 aliphatic rings. The highest BCUT2D eigenvalue weighted by molar-refractivity contribution is 7.07. The molecular weight excluding hydrogens is 208 g/mol. The number of aryl methyl sites for hydroxylation is 2. The summed E-state index contributed by atoms with van der Waals surface area (Å²) in [5.74, 6) is 0. The Kier molecular flexibility index (Phi) is 3.18. The Bertz CT molecular complexity index is 408. The van der Waals surface area contributed by atoms with Crippen LogP contribution >= 0.6 is 11.3 Å². The lowest BCUT2D eigenvalue weighted by molar-refractivity contribution is 0.168. The van der Waals surface area contributed by atoms with Gasteiger partial charge in [-0.2, -0.15) is 16.4 Å². The van der Waals surface area contributed by atoms with E-state index in [4.69, 9.17) is 0 Å². The lowest BCUT2D eigenvalue weighted by atomic mass is 10.1. The summed E-state index contributed by atoms with van der Waals surface area (Å²) < 4.78 is 1.71. The minimum absolute atomic E-state index is 0.404. The third kappa shape index (κ3) is 2.67. The van der Waals surface area contributed by atoms with E-state index in [0.29, 0.717) is 0 Å². The van der Waals surface area contributed by atoms with Gasteiger partial charge in [0.2, 0.25) is 0 Å². The van der Waals surface area contributed by atoms with Gasteiger partial charge in [0.25, 0.3) is 0 Å². The zero-order valence-electron chi connectivity index (χ0n) is 8.63. The summed E-state index contributed by atoms with van der Waals surface area (Å²) in [6.07, 6.45) is 4.84. The second-order valence-corrected chi connectivity index (χ2v) is 4.41. The van der Waals surface area contributed by atoms with Crippen molar-refractivity contribution in [1.29, 1.82) is 0 Å². The van der Waals surface area contributed by atoms with Crippen LogP contribution in [0.2, 0.25) is 0 Å². The van der Waals surface area contributed by atoms with E-state index >= 15 is 0 Å². The van der Waals surface area contributed by atoms with E-state index in [1.165, 1.54) is 5.56 Å². The molecular formula is C11H14N2OS. The zero-order valence-corrected chi connectivity index (χ0v) is 9.44. The Morgan fingerprint density at radius 2 is 2.47 bits per heavy atom. The maximum Gasteiger partial charge on any atom is 0.0823 e. The molecule has 2 aromatic heterocycles. The highest BCUT2D eigenvalue weighted by Crippen LogP contribution is 2.19. The van der Waals surface area contributed by atoms with E-state index in [1.54, 1.807) is 22.2 Å². The van der Waals surface area contributed by atoms with E-state index in [2.05, 4.69) is 21.9 Å². The lowest BCUT2D eigenvalue weighted by Gasteiger charge is -2.06. The van der Waals surface area contributed by atoms with Crippen LogP contribution < -0.4 is 0 Å². The van der Waals surface area contributed by atoms with Gasteiger partial charge in [-0.25, -0.2) is 0 Å². The SMILES string of the molecule is Cn1cc(C(O)CCc2ccsc2)cn1. The van der Waals surface area contributed by atoms with Crippen molar-refractivity contribution < 1.29 is 5.11 Å². The molecule has 0 saturated heterocycles. The van der Waals surface area contributed by atoms with Gasteiger partial charge in [-0.3, -0.25) is 4.68 Å². The molecule has 0 amide bonds. The first-order valence-electron chi connectivity index (χ1n) is 4.93. The number of hydrogen-bond acceptors (Lipinski definition) is 3. The smallest absolute Gasteiger partial charge is 0.0823 e. The molecule has 0 saturated carbocycles. The summed E-state index contributed by atoms with van der Waals surface area (Å²) >= 11 is 1.69. The van der Waals surface area contributed by atoms with Crippen LogP contribution in [0.15, 0.2) is 29.2 Å². The first-order chi connectivity index (χ1) is 7.25. The quantitative estimate of drug-likeness (QED) is 0.860. The van der Waals surface area contributed by atoms with Crippen molar-refractivity contribution in [2.24, 2.45) is 7.05 Å². The van der Waals surface area contributed by atoms with Gasteiger partial charge in [-0.15, -0.1) is 0 Å². The minimum Gasteiger partial charge on any atom is -0.388 e. The van der Waals surface area contributed by atoms with Crippen molar-refractivity contribution in [3.05, 3.63) is 40.3 Å². The van der Waals surface area contributed by atoms with Gasteiger partial charge < -0.3 is 5.11 Å². The number of aliphatic hydroxyl groups is 1. The largest absolute Gasteiger partial charge is 0.388 e. The van der Waals surface area contributed by atoms with Crippen LogP contribution in [0, 0.1) is 0 Å². The lowest BCUT2D eigenvalue weighted by Crippen LogP contribution is -1.97. The second kappa shape index (κ2) is 4.59. The van der Waals surface area contributed by atoms with Crippen molar-refractivity contribution in [3.8, 4) is 0 Å².